The van der Waals surface area contributed by atoms with Crippen LogP contribution in [0.15, 0.2) is 0 Å². The molecule has 0 aliphatic rings. The van der Waals surface area contributed by atoms with E-state index < -0.39 is 47.8 Å². The summed E-state index contributed by atoms with van der Waals surface area (Å²) in [7, 11) is 0. The van der Waals surface area contributed by atoms with Crippen molar-refractivity contribution in [3.63, 3.8) is 0 Å². The fourth-order valence-electron chi connectivity index (χ4n) is 1.19. The van der Waals surface area contributed by atoms with Gasteiger partial charge in [0.25, 0.3) is 0 Å². The Balaban J connectivity index is 5.32. The Morgan fingerprint density at radius 2 is 1.23 bits per heavy atom. The Bertz CT molecular complexity index is 406. The fraction of sp³-hybridized carbons (Fsp3) is 0.786. The third kappa shape index (κ3) is 6.86. The minimum atomic E-state index is -2.26. The zero-order valence-corrected chi connectivity index (χ0v) is 14.0. The fourth-order valence-corrected chi connectivity index (χ4v) is 1.19. The van der Waals surface area contributed by atoms with E-state index >= 15 is 0 Å². The van der Waals surface area contributed by atoms with Gasteiger partial charge in [-0.3, -0.25) is 4.79 Å². The molecule has 0 aromatic rings. The van der Waals surface area contributed by atoms with Crippen molar-refractivity contribution < 1.29 is 28.6 Å². The number of rotatable bonds is 5. The maximum atomic E-state index is 12.2. The van der Waals surface area contributed by atoms with Gasteiger partial charge in [-0.05, 0) is 41.5 Å². The Kier molecular flexibility index (Phi) is 6.52. The van der Waals surface area contributed by atoms with Crippen molar-refractivity contribution in [3.05, 3.63) is 0 Å². The molecule has 128 valence electrons. The van der Waals surface area contributed by atoms with E-state index in [9.17, 15) is 14.4 Å². The van der Waals surface area contributed by atoms with Crippen LogP contribution in [0.4, 0.5) is 0 Å². The molecule has 8 heteroatoms. The van der Waals surface area contributed by atoms with Crippen LogP contribution in [-0.2, 0) is 28.6 Å². The normalized spacial score (nSPS) is 12.5. The zero-order valence-electron chi connectivity index (χ0n) is 14.0. The molecular formula is C14H26N2O6. The van der Waals surface area contributed by atoms with Crippen LogP contribution in [0.1, 0.15) is 41.5 Å². The van der Waals surface area contributed by atoms with Crippen LogP contribution in [0.5, 0.6) is 0 Å². The molecule has 0 unspecified atom stereocenters. The molecule has 0 aromatic heterocycles. The van der Waals surface area contributed by atoms with Gasteiger partial charge in [-0.1, -0.05) is 0 Å². The molecule has 0 amide bonds. The lowest BCUT2D eigenvalue weighted by molar-refractivity contribution is -0.180. The molecule has 0 spiro atoms. The number of ether oxygens (including phenoxy) is 3. The molecule has 0 saturated heterocycles. The number of carbonyl (C=O) groups excluding carboxylic acids is 3. The summed E-state index contributed by atoms with van der Waals surface area (Å²) >= 11 is 0. The van der Waals surface area contributed by atoms with E-state index in [0.29, 0.717) is 0 Å². The summed E-state index contributed by atoms with van der Waals surface area (Å²) in [6.07, 6.45) is 0. The van der Waals surface area contributed by atoms with Gasteiger partial charge in [0.05, 0.1) is 6.54 Å². The average Bonchev–Trinajstić information content (AvgIpc) is 2.30. The van der Waals surface area contributed by atoms with Crippen molar-refractivity contribution >= 4 is 17.9 Å². The van der Waals surface area contributed by atoms with E-state index in [1.807, 2.05) is 0 Å². The number of esters is 3. The van der Waals surface area contributed by atoms with Crippen molar-refractivity contribution in [3.8, 4) is 0 Å². The number of carbonyl (C=O) groups is 3. The molecule has 0 saturated carbocycles. The number of nitrogens with two attached hydrogens (primary N) is 2. The average molecular weight is 318 g/mol. The number of hydrogen-bond acceptors (Lipinski definition) is 8. The Hall–Kier alpha value is -1.67. The first-order valence-electron chi connectivity index (χ1n) is 6.83. The summed E-state index contributed by atoms with van der Waals surface area (Å²) in [5.41, 5.74) is 6.94. The van der Waals surface area contributed by atoms with Crippen LogP contribution in [0.2, 0.25) is 0 Å². The Morgan fingerprint density at radius 1 is 0.864 bits per heavy atom. The van der Waals surface area contributed by atoms with Crippen molar-refractivity contribution in [2.45, 2.75) is 58.3 Å². The molecule has 0 heterocycles. The molecule has 8 nitrogen and oxygen atoms in total. The van der Waals surface area contributed by atoms with E-state index in [2.05, 4.69) is 0 Å². The van der Waals surface area contributed by atoms with E-state index in [0.717, 1.165) is 0 Å². The standard InChI is InChI=1S/C14H26N2O6/c1-12(2,3)21-10(18)14(16,8-20-9(17)7-15)11(19)22-13(4,5)6/h7-8,15-16H2,1-6H3. The largest absolute Gasteiger partial charge is 0.461 e. The summed E-state index contributed by atoms with van der Waals surface area (Å²) in [6, 6.07) is 0. The van der Waals surface area contributed by atoms with Crippen LogP contribution >= 0.6 is 0 Å². The molecule has 22 heavy (non-hydrogen) atoms. The summed E-state index contributed by atoms with van der Waals surface area (Å²) in [4.78, 5) is 35.6. The molecule has 0 fully saturated rings. The highest BCUT2D eigenvalue weighted by atomic mass is 16.6. The van der Waals surface area contributed by atoms with Gasteiger partial charge in [-0.25, -0.2) is 9.59 Å². The summed E-state index contributed by atoms with van der Waals surface area (Å²) in [5, 5.41) is 0. The topological polar surface area (TPSA) is 131 Å². The lowest BCUT2D eigenvalue weighted by atomic mass is 10.0. The highest BCUT2D eigenvalue weighted by Crippen LogP contribution is 2.18. The first-order valence-corrected chi connectivity index (χ1v) is 6.83. The van der Waals surface area contributed by atoms with Crippen LogP contribution < -0.4 is 11.5 Å². The Labute approximate surface area is 130 Å². The van der Waals surface area contributed by atoms with E-state index in [1.165, 1.54) is 0 Å². The molecule has 4 N–H and O–H groups in total. The molecule has 0 radical (unpaired) electrons. The zero-order chi connectivity index (χ0) is 17.8. The smallest absolute Gasteiger partial charge is 0.342 e. The molecule has 0 aliphatic heterocycles. The lowest BCUT2D eigenvalue weighted by Gasteiger charge is -2.31. The predicted octanol–water partition coefficient (Wildman–Crippen LogP) is -0.131. The van der Waals surface area contributed by atoms with Crippen molar-refractivity contribution in [2.75, 3.05) is 13.2 Å². The molecular weight excluding hydrogens is 292 g/mol. The van der Waals surface area contributed by atoms with Crippen molar-refractivity contribution in [1.29, 1.82) is 0 Å². The van der Waals surface area contributed by atoms with Crippen molar-refractivity contribution in [1.82, 2.24) is 0 Å². The minimum Gasteiger partial charge on any atom is -0.461 e. The van der Waals surface area contributed by atoms with Gasteiger partial charge in [0, 0.05) is 0 Å². The SMILES string of the molecule is CC(C)(C)OC(=O)C(N)(COC(=O)CN)C(=O)OC(C)(C)C. The summed E-state index contributed by atoms with van der Waals surface area (Å²) in [6.45, 7) is 8.58. The molecule has 0 aliphatic carbocycles. The lowest BCUT2D eigenvalue weighted by Crippen LogP contribution is -2.62. The second-order valence-electron chi connectivity index (χ2n) is 6.84. The van der Waals surface area contributed by atoms with Gasteiger partial charge in [-0.2, -0.15) is 0 Å². The van der Waals surface area contributed by atoms with Crippen molar-refractivity contribution in [2.24, 2.45) is 11.5 Å². The van der Waals surface area contributed by atoms with Crippen LogP contribution in [0.3, 0.4) is 0 Å². The van der Waals surface area contributed by atoms with Gasteiger partial charge >= 0.3 is 17.9 Å². The van der Waals surface area contributed by atoms with E-state index in [4.69, 9.17) is 25.7 Å². The van der Waals surface area contributed by atoms with Gasteiger partial charge in [0.15, 0.2) is 0 Å². The molecule has 0 aromatic carbocycles. The third-order valence-electron chi connectivity index (χ3n) is 2.15. The van der Waals surface area contributed by atoms with Gasteiger partial charge < -0.3 is 25.7 Å². The van der Waals surface area contributed by atoms with Gasteiger partial charge in [0.2, 0.25) is 5.54 Å². The third-order valence-corrected chi connectivity index (χ3v) is 2.15. The number of hydrogen-bond donors (Lipinski definition) is 2. The summed E-state index contributed by atoms with van der Waals surface area (Å²) < 4.78 is 15.0. The van der Waals surface area contributed by atoms with Gasteiger partial charge in [-0.15, -0.1) is 0 Å². The van der Waals surface area contributed by atoms with Crippen LogP contribution in [0.25, 0.3) is 0 Å². The quantitative estimate of drug-likeness (QED) is 0.407. The Morgan fingerprint density at radius 3 is 1.50 bits per heavy atom. The highest BCUT2D eigenvalue weighted by Gasteiger charge is 2.49. The van der Waals surface area contributed by atoms with Gasteiger partial charge in [0.1, 0.15) is 17.8 Å². The molecule has 0 atom stereocenters. The van der Waals surface area contributed by atoms with E-state index in [-0.39, 0.29) is 0 Å². The second kappa shape index (κ2) is 7.06. The maximum Gasteiger partial charge on any atom is 0.342 e. The van der Waals surface area contributed by atoms with Crippen LogP contribution in [0, 0.1) is 0 Å². The first-order chi connectivity index (χ1) is 9.71. The van der Waals surface area contributed by atoms with Crippen LogP contribution in [-0.4, -0.2) is 47.8 Å². The highest BCUT2D eigenvalue weighted by molar-refractivity contribution is 6.05. The predicted molar refractivity (Wildman–Crippen MR) is 78.6 cm³/mol. The molecule has 0 rings (SSSR count). The second-order valence-corrected chi connectivity index (χ2v) is 6.84. The monoisotopic (exact) mass is 318 g/mol. The van der Waals surface area contributed by atoms with E-state index in [1.54, 1.807) is 41.5 Å². The maximum absolute atomic E-state index is 12.2. The minimum absolute atomic E-state index is 0.404. The molecule has 0 bridgehead atoms. The summed E-state index contributed by atoms with van der Waals surface area (Å²) in [5.74, 6) is -2.89. The first kappa shape index (κ1) is 20.3.